The molecule has 1 aromatic heterocycles. The zero-order valence-corrected chi connectivity index (χ0v) is 23.8. The molecule has 3 aromatic rings. The molecular formula is C35H48N2O. The lowest BCUT2D eigenvalue weighted by atomic mass is 9.74. The molecule has 4 rings (SSSR count). The molecule has 1 aliphatic rings. The summed E-state index contributed by atoms with van der Waals surface area (Å²) in [5, 5.41) is 0. The van der Waals surface area contributed by atoms with Crippen LogP contribution in [0.1, 0.15) is 103 Å². The summed E-state index contributed by atoms with van der Waals surface area (Å²) in [6.07, 6.45) is 22.6. The van der Waals surface area contributed by atoms with Crippen molar-refractivity contribution in [2.24, 2.45) is 11.8 Å². The molecule has 2 unspecified atom stereocenters. The van der Waals surface area contributed by atoms with Crippen molar-refractivity contribution in [1.82, 2.24) is 9.97 Å². The van der Waals surface area contributed by atoms with Crippen molar-refractivity contribution in [3.05, 3.63) is 66.5 Å². The van der Waals surface area contributed by atoms with Crippen LogP contribution in [0.2, 0.25) is 0 Å². The Kier molecular flexibility index (Phi) is 11.7. The molecule has 3 nitrogen and oxygen atoms in total. The average molecular weight is 513 g/mol. The second kappa shape index (κ2) is 15.7. The summed E-state index contributed by atoms with van der Waals surface area (Å²) in [6, 6.07) is 17.1. The van der Waals surface area contributed by atoms with E-state index in [0.717, 1.165) is 42.0 Å². The van der Waals surface area contributed by atoms with Crippen LogP contribution in [-0.4, -0.2) is 16.6 Å². The number of aromatic nitrogens is 2. The van der Waals surface area contributed by atoms with Gasteiger partial charge in [-0.1, -0.05) is 114 Å². The fraction of sp³-hybridized carbons (Fsp3) is 0.543. The van der Waals surface area contributed by atoms with Gasteiger partial charge < -0.3 is 4.74 Å². The van der Waals surface area contributed by atoms with Crippen LogP contribution in [0.3, 0.4) is 0 Å². The predicted molar refractivity (Wildman–Crippen MR) is 160 cm³/mol. The third kappa shape index (κ3) is 8.68. The van der Waals surface area contributed by atoms with Crippen molar-refractivity contribution in [1.29, 1.82) is 0 Å². The second-order valence-corrected chi connectivity index (χ2v) is 11.3. The molecule has 1 fully saturated rings. The van der Waals surface area contributed by atoms with Crippen LogP contribution in [0, 0.1) is 11.8 Å². The standard InChI is InChI=1S/C35H48N2O/c1-3-5-7-12-28-26-36-35(37-27-28)33-19-17-31(18-20-33)32-21-23-34(24-22-32)38-25-11-16-30-15-10-9-14-29(30)13-8-6-4-2/h17-24,26-27,29-30H,3-16,25H2,1-2H3. The van der Waals surface area contributed by atoms with Crippen molar-refractivity contribution in [3.63, 3.8) is 0 Å². The van der Waals surface area contributed by atoms with Crippen LogP contribution in [-0.2, 0) is 6.42 Å². The molecule has 0 N–H and O–H groups in total. The number of hydrogen-bond donors (Lipinski definition) is 0. The highest BCUT2D eigenvalue weighted by atomic mass is 16.5. The minimum absolute atomic E-state index is 0.792. The smallest absolute Gasteiger partial charge is 0.159 e. The fourth-order valence-corrected chi connectivity index (χ4v) is 6.00. The van der Waals surface area contributed by atoms with Gasteiger partial charge in [0.1, 0.15) is 5.75 Å². The van der Waals surface area contributed by atoms with Crippen LogP contribution in [0.4, 0.5) is 0 Å². The first-order valence-electron chi connectivity index (χ1n) is 15.4. The Morgan fingerprint density at radius 3 is 1.84 bits per heavy atom. The molecule has 3 heteroatoms. The fourth-order valence-electron chi connectivity index (χ4n) is 6.00. The minimum atomic E-state index is 0.792. The van der Waals surface area contributed by atoms with Gasteiger partial charge in [-0.15, -0.1) is 0 Å². The maximum Gasteiger partial charge on any atom is 0.159 e. The predicted octanol–water partition coefficient (Wildman–Crippen LogP) is 10.1. The number of unbranched alkanes of at least 4 members (excludes halogenated alkanes) is 4. The van der Waals surface area contributed by atoms with E-state index >= 15 is 0 Å². The van der Waals surface area contributed by atoms with Gasteiger partial charge in [0.2, 0.25) is 0 Å². The topological polar surface area (TPSA) is 35.0 Å². The third-order valence-electron chi connectivity index (χ3n) is 8.34. The van der Waals surface area contributed by atoms with E-state index in [1.165, 1.54) is 100 Å². The second-order valence-electron chi connectivity index (χ2n) is 11.3. The average Bonchev–Trinajstić information content (AvgIpc) is 2.97. The van der Waals surface area contributed by atoms with Gasteiger partial charge in [0.25, 0.3) is 0 Å². The molecule has 1 heterocycles. The summed E-state index contributed by atoms with van der Waals surface area (Å²) >= 11 is 0. The molecule has 0 saturated heterocycles. The SMILES string of the molecule is CCCCCc1cnc(-c2ccc(-c3ccc(OCCCC4CCCCC4CCCCC)cc3)cc2)nc1. The maximum atomic E-state index is 6.12. The van der Waals surface area contributed by atoms with Crippen molar-refractivity contribution in [2.45, 2.75) is 104 Å². The van der Waals surface area contributed by atoms with Crippen LogP contribution in [0.25, 0.3) is 22.5 Å². The summed E-state index contributed by atoms with van der Waals surface area (Å²) < 4.78 is 6.12. The van der Waals surface area contributed by atoms with Gasteiger partial charge >= 0.3 is 0 Å². The van der Waals surface area contributed by atoms with E-state index in [-0.39, 0.29) is 0 Å². The molecule has 0 bridgehead atoms. The monoisotopic (exact) mass is 512 g/mol. The van der Waals surface area contributed by atoms with E-state index in [1.807, 2.05) is 12.4 Å². The zero-order valence-electron chi connectivity index (χ0n) is 23.8. The first-order chi connectivity index (χ1) is 18.8. The van der Waals surface area contributed by atoms with Gasteiger partial charge in [-0.3, -0.25) is 0 Å². The number of ether oxygens (including phenoxy) is 1. The van der Waals surface area contributed by atoms with Gasteiger partial charge in [0, 0.05) is 18.0 Å². The Labute approximate surface area is 231 Å². The first-order valence-corrected chi connectivity index (χ1v) is 15.4. The summed E-state index contributed by atoms with van der Waals surface area (Å²) in [5.41, 5.74) is 4.68. The zero-order chi connectivity index (χ0) is 26.4. The van der Waals surface area contributed by atoms with Gasteiger partial charge in [0.15, 0.2) is 5.82 Å². The molecule has 1 aliphatic carbocycles. The molecule has 0 aliphatic heterocycles. The maximum absolute atomic E-state index is 6.12. The van der Waals surface area contributed by atoms with Gasteiger partial charge in [-0.2, -0.15) is 0 Å². The quantitative estimate of drug-likeness (QED) is 0.190. The molecule has 0 radical (unpaired) electrons. The van der Waals surface area contributed by atoms with Crippen molar-refractivity contribution in [2.75, 3.05) is 6.61 Å². The Bertz CT molecular complexity index is 1040. The highest BCUT2D eigenvalue weighted by Gasteiger charge is 2.24. The summed E-state index contributed by atoms with van der Waals surface area (Å²) in [4.78, 5) is 9.20. The van der Waals surface area contributed by atoms with Crippen LogP contribution < -0.4 is 4.74 Å². The molecule has 204 valence electrons. The van der Waals surface area contributed by atoms with Gasteiger partial charge in [0.05, 0.1) is 6.61 Å². The highest BCUT2D eigenvalue weighted by molar-refractivity contribution is 5.68. The lowest BCUT2D eigenvalue weighted by Crippen LogP contribution is -2.20. The minimum Gasteiger partial charge on any atom is -0.494 e. The van der Waals surface area contributed by atoms with E-state index in [1.54, 1.807) is 0 Å². The molecule has 38 heavy (non-hydrogen) atoms. The Morgan fingerprint density at radius 1 is 0.658 bits per heavy atom. The Balaban J connectivity index is 1.22. The summed E-state index contributed by atoms with van der Waals surface area (Å²) in [5.74, 6) is 3.65. The number of aryl methyl sites for hydroxylation is 1. The van der Waals surface area contributed by atoms with E-state index in [9.17, 15) is 0 Å². The first kappa shape index (κ1) is 28.3. The van der Waals surface area contributed by atoms with Gasteiger partial charge in [-0.25, -0.2) is 9.97 Å². The highest BCUT2D eigenvalue weighted by Crippen LogP contribution is 2.36. The summed E-state index contributed by atoms with van der Waals surface area (Å²) in [7, 11) is 0. The van der Waals surface area contributed by atoms with Crippen molar-refractivity contribution >= 4 is 0 Å². The normalized spacial score (nSPS) is 17.4. The number of hydrogen-bond acceptors (Lipinski definition) is 3. The molecule has 2 aromatic carbocycles. The Morgan fingerprint density at radius 2 is 1.21 bits per heavy atom. The van der Waals surface area contributed by atoms with E-state index in [2.05, 4.69) is 72.3 Å². The molecular weight excluding hydrogens is 464 g/mol. The van der Waals surface area contributed by atoms with Crippen molar-refractivity contribution in [3.8, 4) is 28.3 Å². The largest absolute Gasteiger partial charge is 0.494 e. The number of rotatable bonds is 15. The molecule has 1 saturated carbocycles. The number of nitrogens with zero attached hydrogens (tertiary/aromatic N) is 2. The lowest BCUT2D eigenvalue weighted by molar-refractivity contribution is 0.190. The van der Waals surface area contributed by atoms with E-state index in [0.29, 0.717) is 0 Å². The van der Waals surface area contributed by atoms with Crippen molar-refractivity contribution < 1.29 is 4.74 Å². The van der Waals surface area contributed by atoms with Crippen LogP contribution in [0.15, 0.2) is 60.9 Å². The summed E-state index contributed by atoms with van der Waals surface area (Å²) in [6.45, 7) is 5.36. The van der Waals surface area contributed by atoms with Gasteiger partial charge in [-0.05, 0) is 66.3 Å². The molecule has 0 amide bonds. The van der Waals surface area contributed by atoms with Crippen LogP contribution in [0.5, 0.6) is 5.75 Å². The van der Waals surface area contributed by atoms with Crippen LogP contribution >= 0.6 is 0 Å². The number of benzene rings is 2. The lowest BCUT2D eigenvalue weighted by Gasteiger charge is -2.31. The van der Waals surface area contributed by atoms with E-state index < -0.39 is 0 Å². The Hall–Kier alpha value is -2.68. The third-order valence-corrected chi connectivity index (χ3v) is 8.34. The van der Waals surface area contributed by atoms with E-state index in [4.69, 9.17) is 4.74 Å². The molecule has 2 atom stereocenters. The molecule has 0 spiro atoms.